The molecular weight excluding hydrogens is 761 g/mol. The summed E-state index contributed by atoms with van der Waals surface area (Å²) in [4.78, 5) is 80.7. The Morgan fingerprint density at radius 3 is 2.20 bits per heavy atom. The number of nitrogens with zero attached hydrogens (tertiary/aromatic N) is 4. The summed E-state index contributed by atoms with van der Waals surface area (Å²) in [5, 5.41) is 31.9. The van der Waals surface area contributed by atoms with Crippen molar-refractivity contribution >= 4 is 63.9 Å². The lowest BCUT2D eigenvalue weighted by Crippen LogP contribution is -2.74. The highest BCUT2D eigenvalue weighted by atomic mass is 32.2. The Kier molecular flexibility index (Phi) is 16.5. The largest absolute Gasteiger partial charge is 0.503 e. The van der Waals surface area contributed by atoms with E-state index in [4.69, 9.17) is 19.1 Å². The van der Waals surface area contributed by atoms with E-state index >= 15 is 0 Å². The molecule has 54 heavy (non-hydrogen) atoms. The van der Waals surface area contributed by atoms with E-state index in [0.717, 1.165) is 11.3 Å². The fraction of sp³-hybridized carbons (Fsp3) is 0.533. The number of allylic oxidation sites excluding steroid dienone is 2. The number of aldehydes is 1. The Morgan fingerprint density at radius 2 is 1.70 bits per heavy atom. The molecule has 302 valence electrons. The van der Waals surface area contributed by atoms with Crippen LogP contribution in [-0.4, -0.2) is 122 Å². The zero-order chi connectivity index (χ0) is 41.8. The molecule has 2 heterocycles. The monoisotopic (exact) mass is 806 g/mol. The summed E-state index contributed by atoms with van der Waals surface area (Å²) in [6, 6.07) is -4.12. The minimum Gasteiger partial charge on any atom is -0.503 e. The SMILES string of the molecule is C/C=C(/CNC(=O)NCC1C(NC(=O)/C(=N\OC(C)(C)C(=O)OC(C)(C)C)c2csc(OC(C)(C)C)n2)C(=O)N1S(=O)(=O)O)N(O)/C=C(/O)C=O.NC=O. The highest BCUT2D eigenvalue weighted by Gasteiger charge is 2.54. The van der Waals surface area contributed by atoms with Gasteiger partial charge in [0.05, 0.1) is 24.5 Å². The number of urea groups is 1. The highest BCUT2D eigenvalue weighted by molar-refractivity contribution is 7.84. The number of hydrogen-bond acceptors (Lipinski definition) is 17. The number of hydrogen-bond donors (Lipinski definition) is 7. The van der Waals surface area contributed by atoms with Crippen molar-refractivity contribution in [1.82, 2.24) is 30.3 Å². The number of carbonyl (C=O) groups excluding carboxylic acids is 6. The van der Waals surface area contributed by atoms with Gasteiger partial charge in [-0.15, -0.1) is 0 Å². The number of amides is 5. The number of aliphatic hydroxyl groups is 1. The average molecular weight is 807 g/mol. The number of nitrogens with two attached hydrogens (primary N) is 1. The molecular formula is C30H46N8O14S2. The van der Waals surface area contributed by atoms with Gasteiger partial charge in [-0.25, -0.2) is 23.9 Å². The number of aromatic nitrogens is 1. The van der Waals surface area contributed by atoms with Gasteiger partial charge in [0.1, 0.15) is 22.9 Å². The second-order valence-electron chi connectivity index (χ2n) is 13.4. The maximum atomic E-state index is 13.6. The molecule has 1 fully saturated rings. The fourth-order valence-corrected chi connectivity index (χ4v) is 5.54. The molecule has 0 saturated carbocycles. The minimum absolute atomic E-state index is 0.00375. The standard InChI is InChI=1S/C29H43N7O13S2.CH3NO/c1-10-16(35(43)13-17(38)14-37)11-30-25(42)31-12-19-21(23(40)36(19)51(44,45)46)33-22(39)20(18-15-50-26(32-18)48-28(5,6)7)34-49-29(8,9)24(41)47-27(2,3)4;2-1-3/h10,13-15,19,21,38,43H,11-12H2,1-9H3,(H,33,39)(H2,30,31,42)(H,44,45,46);1H,(H2,2,3)/b16-10-,17-13+,34-20-;. The van der Waals surface area contributed by atoms with Crippen molar-refractivity contribution in [2.45, 2.75) is 91.2 Å². The van der Waals surface area contributed by atoms with Crippen molar-refractivity contribution in [2.24, 2.45) is 10.9 Å². The molecule has 1 aromatic rings. The smallest absolute Gasteiger partial charge is 0.362 e. The molecule has 22 nitrogen and oxygen atoms in total. The number of β-lactam (4-membered cyclic amide) rings is 1. The van der Waals surface area contributed by atoms with Crippen LogP contribution >= 0.6 is 11.3 Å². The van der Waals surface area contributed by atoms with Crippen LogP contribution in [-0.2, 0) is 43.9 Å². The van der Waals surface area contributed by atoms with E-state index < -0.39 is 81.0 Å². The lowest BCUT2D eigenvalue weighted by atomic mass is 9.98. The summed E-state index contributed by atoms with van der Waals surface area (Å²) in [6.07, 6.45) is 2.32. The van der Waals surface area contributed by atoms with E-state index in [1.54, 1.807) is 41.5 Å². The normalized spacial score (nSPS) is 16.8. The first-order valence-corrected chi connectivity index (χ1v) is 17.9. The van der Waals surface area contributed by atoms with Crippen LogP contribution in [0, 0.1) is 0 Å². The molecule has 2 atom stereocenters. The molecule has 0 aliphatic carbocycles. The fourth-order valence-electron chi connectivity index (χ4n) is 3.83. The van der Waals surface area contributed by atoms with Gasteiger partial charge in [0.2, 0.25) is 12.0 Å². The summed E-state index contributed by atoms with van der Waals surface area (Å²) in [7, 11) is -5.16. The number of oxime groups is 1. The molecule has 24 heteroatoms. The Morgan fingerprint density at radius 1 is 1.11 bits per heavy atom. The number of aliphatic hydroxyl groups excluding tert-OH is 1. The van der Waals surface area contributed by atoms with E-state index in [-0.39, 0.29) is 40.1 Å². The molecule has 5 amide bonds. The Hall–Kier alpha value is -5.33. The molecule has 1 aliphatic heterocycles. The summed E-state index contributed by atoms with van der Waals surface area (Å²) in [5.41, 5.74) is 0.249. The van der Waals surface area contributed by atoms with Gasteiger partial charge in [0, 0.05) is 11.9 Å². The van der Waals surface area contributed by atoms with Gasteiger partial charge in [0.15, 0.2) is 17.8 Å². The van der Waals surface area contributed by atoms with Crippen molar-refractivity contribution in [1.29, 1.82) is 0 Å². The van der Waals surface area contributed by atoms with E-state index in [9.17, 15) is 47.3 Å². The van der Waals surface area contributed by atoms with Gasteiger partial charge in [0.25, 0.3) is 17.0 Å². The molecule has 0 radical (unpaired) electrons. The molecule has 1 aliphatic rings. The summed E-state index contributed by atoms with van der Waals surface area (Å²) in [6.45, 7) is 13.4. The number of carbonyl (C=O) groups is 6. The zero-order valence-corrected chi connectivity index (χ0v) is 32.6. The summed E-state index contributed by atoms with van der Waals surface area (Å²) in [5.74, 6) is -4.00. The molecule has 2 unspecified atom stereocenters. The van der Waals surface area contributed by atoms with E-state index in [1.165, 1.54) is 32.2 Å². The van der Waals surface area contributed by atoms with Gasteiger partial charge in [-0.2, -0.15) is 8.42 Å². The lowest BCUT2D eigenvalue weighted by molar-refractivity contribution is -0.179. The molecule has 0 aromatic carbocycles. The summed E-state index contributed by atoms with van der Waals surface area (Å²) < 4.78 is 44.9. The third kappa shape index (κ3) is 14.6. The van der Waals surface area contributed by atoms with Crippen LogP contribution in [0.5, 0.6) is 5.19 Å². The first-order valence-electron chi connectivity index (χ1n) is 15.6. The van der Waals surface area contributed by atoms with Crippen molar-refractivity contribution in [2.75, 3.05) is 13.1 Å². The second-order valence-corrected chi connectivity index (χ2v) is 15.5. The maximum Gasteiger partial charge on any atom is 0.362 e. The molecule has 2 rings (SSSR count). The van der Waals surface area contributed by atoms with Crippen molar-refractivity contribution < 1.29 is 66.4 Å². The van der Waals surface area contributed by atoms with Crippen LogP contribution in [0.2, 0.25) is 0 Å². The van der Waals surface area contributed by atoms with Crippen LogP contribution in [0.3, 0.4) is 0 Å². The number of ether oxygens (including phenoxy) is 2. The molecule has 8 N–H and O–H groups in total. The molecule has 1 aromatic heterocycles. The van der Waals surface area contributed by atoms with Gasteiger partial charge in [-0.3, -0.25) is 28.9 Å². The zero-order valence-electron chi connectivity index (χ0n) is 31.0. The predicted octanol–water partition coefficient (Wildman–Crippen LogP) is 0.254. The number of hydroxylamine groups is 2. The third-order valence-corrected chi connectivity index (χ3v) is 7.86. The average Bonchev–Trinajstić information content (AvgIpc) is 3.47. The van der Waals surface area contributed by atoms with E-state index in [1.807, 2.05) is 0 Å². The lowest BCUT2D eigenvalue weighted by Gasteiger charge is -2.44. The van der Waals surface area contributed by atoms with Gasteiger partial charge >= 0.3 is 22.3 Å². The highest BCUT2D eigenvalue weighted by Crippen LogP contribution is 2.26. The molecule has 1 saturated heterocycles. The van der Waals surface area contributed by atoms with Gasteiger partial charge < -0.3 is 41.1 Å². The first kappa shape index (κ1) is 46.7. The third-order valence-electron chi connectivity index (χ3n) is 6.20. The number of rotatable bonds is 15. The Bertz CT molecular complexity index is 1740. The Balaban J connectivity index is 0.00000469. The number of esters is 1. The molecule has 0 spiro atoms. The second kappa shape index (κ2) is 19.1. The van der Waals surface area contributed by atoms with Gasteiger partial charge in [-0.05, 0) is 62.3 Å². The summed E-state index contributed by atoms with van der Waals surface area (Å²) >= 11 is 1.00. The van der Waals surface area contributed by atoms with E-state index in [0.29, 0.717) is 11.3 Å². The van der Waals surface area contributed by atoms with Crippen LogP contribution in [0.1, 0.15) is 68.0 Å². The maximum absolute atomic E-state index is 13.6. The molecule has 0 bridgehead atoms. The van der Waals surface area contributed by atoms with Crippen LogP contribution in [0.15, 0.2) is 34.3 Å². The number of thiazole rings is 1. The van der Waals surface area contributed by atoms with Crippen molar-refractivity contribution in [3.05, 3.63) is 34.8 Å². The number of primary amides is 1. The van der Waals surface area contributed by atoms with Gasteiger partial charge in [-0.1, -0.05) is 22.6 Å². The van der Waals surface area contributed by atoms with Crippen molar-refractivity contribution in [3.63, 3.8) is 0 Å². The van der Waals surface area contributed by atoms with Crippen LogP contribution in [0.25, 0.3) is 0 Å². The van der Waals surface area contributed by atoms with Crippen LogP contribution < -0.4 is 26.4 Å². The minimum atomic E-state index is -5.16. The Labute approximate surface area is 315 Å². The quantitative estimate of drug-likeness (QED) is 0.0183. The first-order chi connectivity index (χ1) is 24.7. The predicted molar refractivity (Wildman–Crippen MR) is 190 cm³/mol. The topological polar surface area (TPSA) is 319 Å². The van der Waals surface area contributed by atoms with E-state index in [2.05, 4.69) is 31.8 Å². The van der Waals surface area contributed by atoms with Crippen LogP contribution in [0.4, 0.5) is 4.79 Å². The number of nitrogens with one attached hydrogen (secondary N) is 3. The van der Waals surface area contributed by atoms with Crippen molar-refractivity contribution in [3.8, 4) is 5.19 Å².